The van der Waals surface area contributed by atoms with Crippen LogP contribution in [0.15, 0.2) is 23.0 Å². The molecule has 0 atom stereocenters. The Labute approximate surface area is 55.8 Å². The van der Waals surface area contributed by atoms with Crippen molar-refractivity contribution < 1.29 is 4.42 Å². The second-order valence-electron chi connectivity index (χ2n) is 1.23. The smallest absolute Gasteiger partial charge is 0.106 e. The maximum atomic E-state index is 4.74. The first-order valence-corrected chi connectivity index (χ1v) is 2.86. The van der Waals surface area contributed by atoms with Crippen LogP contribution in [0.4, 0.5) is 0 Å². The van der Waals surface area contributed by atoms with Crippen molar-refractivity contribution in [2.75, 3.05) is 0 Å². The Kier molecular flexibility index (Phi) is 1.76. The zero-order valence-corrected chi connectivity index (χ0v) is 5.60. The SMILES string of the molecule is BrC#Cc1ccoc1. The number of halogens is 1. The third-order valence-corrected chi connectivity index (χ3v) is 0.911. The van der Waals surface area contributed by atoms with Crippen molar-refractivity contribution in [3.8, 4) is 10.8 Å². The van der Waals surface area contributed by atoms with Gasteiger partial charge in [-0.15, -0.1) is 0 Å². The first-order valence-electron chi connectivity index (χ1n) is 2.07. The molecule has 0 spiro atoms. The van der Waals surface area contributed by atoms with Gasteiger partial charge in [-0.25, -0.2) is 0 Å². The van der Waals surface area contributed by atoms with Crippen molar-refractivity contribution >= 4 is 15.9 Å². The van der Waals surface area contributed by atoms with Gasteiger partial charge in [-0.1, -0.05) is 5.92 Å². The van der Waals surface area contributed by atoms with Gasteiger partial charge in [-0.05, 0) is 10.9 Å². The molecule has 40 valence electrons. The average molecular weight is 171 g/mol. The Balaban J connectivity index is 2.88. The van der Waals surface area contributed by atoms with E-state index in [2.05, 4.69) is 26.7 Å². The van der Waals surface area contributed by atoms with E-state index in [4.69, 9.17) is 4.42 Å². The van der Waals surface area contributed by atoms with Crippen LogP contribution in [-0.2, 0) is 0 Å². The fourth-order valence-electron chi connectivity index (χ4n) is 0.390. The summed E-state index contributed by atoms with van der Waals surface area (Å²) in [6.07, 6.45) is 3.18. The molecule has 0 N–H and O–H groups in total. The fourth-order valence-corrected chi connectivity index (χ4v) is 0.619. The molecular formula is C6H3BrO. The summed E-state index contributed by atoms with van der Waals surface area (Å²) in [5.74, 6) is 2.76. The standard InChI is InChI=1S/C6H3BrO/c7-3-1-6-2-4-8-5-6/h2,4-5H. The molecule has 0 aliphatic rings. The quantitative estimate of drug-likeness (QED) is 0.544. The normalized spacial score (nSPS) is 7.62. The minimum atomic E-state index is 0.891. The van der Waals surface area contributed by atoms with Crippen LogP contribution in [0, 0.1) is 10.8 Å². The molecule has 0 amide bonds. The third-order valence-electron chi connectivity index (χ3n) is 0.713. The average Bonchev–Trinajstić information content (AvgIpc) is 2.19. The minimum absolute atomic E-state index is 0.891. The van der Waals surface area contributed by atoms with Crippen molar-refractivity contribution in [3.05, 3.63) is 24.2 Å². The maximum absolute atomic E-state index is 4.74. The molecule has 1 aromatic heterocycles. The Morgan fingerprint density at radius 2 is 2.50 bits per heavy atom. The lowest BCUT2D eigenvalue weighted by molar-refractivity contribution is 0.566. The van der Waals surface area contributed by atoms with E-state index < -0.39 is 0 Å². The molecule has 1 nitrogen and oxygen atoms in total. The van der Waals surface area contributed by atoms with Crippen LogP contribution in [0.1, 0.15) is 5.56 Å². The van der Waals surface area contributed by atoms with Gasteiger partial charge in [0.25, 0.3) is 0 Å². The molecule has 0 bridgehead atoms. The summed E-state index contributed by atoms with van der Waals surface area (Å²) in [4.78, 5) is 2.57. The number of furan rings is 1. The summed E-state index contributed by atoms with van der Waals surface area (Å²) in [5, 5.41) is 0. The molecule has 1 heterocycles. The van der Waals surface area contributed by atoms with Crippen LogP contribution in [0.3, 0.4) is 0 Å². The van der Waals surface area contributed by atoms with Crippen LogP contribution >= 0.6 is 15.9 Å². The lowest BCUT2D eigenvalue weighted by Crippen LogP contribution is -1.56. The zero-order valence-electron chi connectivity index (χ0n) is 4.02. The summed E-state index contributed by atoms with van der Waals surface area (Å²) in [7, 11) is 0. The van der Waals surface area contributed by atoms with Gasteiger partial charge in [-0.2, -0.15) is 0 Å². The lowest BCUT2D eigenvalue weighted by Gasteiger charge is -1.66. The monoisotopic (exact) mass is 170 g/mol. The Morgan fingerprint density at radius 1 is 1.62 bits per heavy atom. The molecular weight excluding hydrogens is 168 g/mol. The second-order valence-corrected chi connectivity index (χ2v) is 1.63. The van der Waals surface area contributed by atoms with Crippen molar-refractivity contribution in [3.63, 3.8) is 0 Å². The van der Waals surface area contributed by atoms with E-state index in [1.54, 1.807) is 18.6 Å². The highest BCUT2D eigenvalue weighted by Crippen LogP contribution is 1.95. The van der Waals surface area contributed by atoms with Crippen LogP contribution in [0.25, 0.3) is 0 Å². The molecule has 0 unspecified atom stereocenters. The van der Waals surface area contributed by atoms with E-state index in [0.717, 1.165) is 5.56 Å². The van der Waals surface area contributed by atoms with Gasteiger partial charge >= 0.3 is 0 Å². The van der Waals surface area contributed by atoms with Crippen LogP contribution in [0.5, 0.6) is 0 Å². The number of rotatable bonds is 0. The highest BCUT2D eigenvalue weighted by atomic mass is 79.9. The molecule has 1 aromatic rings. The molecule has 0 radical (unpaired) electrons. The topological polar surface area (TPSA) is 13.1 Å². The molecule has 2 heteroatoms. The fraction of sp³-hybridized carbons (Fsp3) is 0. The largest absolute Gasteiger partial charge is 0.471 e. The molecule has 0 aromatic carbocycles. The van der Waals surface area contributed by atoms with E-state index in [9.17, 15) is 0 Å². The first kappa shape index (κ1) is 5.46. The Hall–Kier alpha value is -0.680. The summed E-state index contributed by atoms with van der Waals surface area (Å²) in [5.41, 5.74) is 0.891. The molecule has 1 rings (SSSR count). The summed E-state index contributed by atoms with van der Waals surface area (Å²) in [6.45, 7) is 0. The van der Waals surface area contributed by atoms with Gasteiger partial charge in [0.2, 0.25) is 0 Å². The van der Waals surface area contributed by atoms with Gasteiger partial charge in [0.1, 0.15) is 6.26 Å². The van der Waals surface area contributed by atoms with Crippen molar-refractivity contribution in [2.24, 2.45) is 0 Å². The zero-order chi connectivity index (χ0) is 5.82. The van der Waals surface area contributed by atoms with Gasteiger partial charge in [-0.3, -0.25) is 0 Å². The van der Waals surface area contributed by atoms with Crippen LogP contribution < -0.4 is 0 Å². The number of hydrogen-bond donors (Lipinski definition) is 0. The molecule has 8 heavy (non-hydrogen) atoms. The van der Waals surface area contributed by atoms with Gasteiger partial charge < -0.3 is 4.42 Å². The summed E-state index contributed by atoms with van der Waals surface area (Å²) >= 11 is 2.97. The van der Waals surface area contributed by atoms with Gasteiger partial charge in [0.15, 0.2) is 0 Å². The van der Waals surface area contributed by atoms with Crippen molar-refractivity contribution in [1.82, 2.24) is 0 Å². The second kappa shape index (κ2) is 2.58. The van der Waals surface area contributed by atoms with Crippen molar-refractivity contribution in [2.45, 2.75) is 0 Å². The van der Waals surface area contributed by atoms with Crippen molar-refractivity contribution in [1.29, 1.82) is 0 Å². The maximum Gasteiger partial charge on any atom is 0.106 e. The molecule has 0 aliphatic carbocycles. The molecule has 0 aliphatic heterocycles. The van der Waals surface area contributed by atoms with E-state index in [1.165, 1.54) is 0 Å². The first-order chi connectivity index (χ1) is 3.93. The van der Waals surface area contributed by atoms with Crippen LogP contribution in [-0.4, -0.2) is 0 Å². The molecule has 0 fully saturated rings. The Morgan fingerprint density at radius 3 is 3.00 bits per heavy atom. The minimum Gasteiger partial charge on any atom is -0.471 e. The van der Waals surface area contributed by atoms with E-state index in [0.29, 0.717) is 0 Å². The van der Waals surface area contributed by atoms with E-state index in [-0.39, 0.29) is 0 Å². The third kappa shape index (κ3) is 1.14. The predicted molar refractivity (Wildman–Crippen MR) is 34.5 cm³/mol. The molecule has 0 saturated carbocycles. The van der Waals surface area contributed by atoms with Gasteiger partial charge in [0, 0.05) is 15.9 Å². The highest BCUT2D eigenvalue weighted by Gasteiger charge is 1.82. The highest BCUT2D eigenvalue weighted by molar-refractivity contribution is 9.12. The summed E-state index contributed by atoms with van der Waals surface area (Å²) in [6, 6.07) is 1.80. The van der Waals surface area contributed by atoms with E-state index in [1.807, 2.05) is 0 Å². The van der Waals surface area contributed by atoms with Gasteiger partial charge in [0.05, 0.1) is 11.8 Å². The van der Waals surface area contributed by atoms with E-state index >= 15 is 0 Å². The lowest BCUT2D eigenvalue weighted by atomic mass is 10.4. The van der Waals surface area contributed by atoms with Crippen LogP contribution in [0.2, 0.25) is 0 Å². The predicted octanol–water partition coefficient (Wildman–Crippen LogP) is 1.98. The number of hydrogen-bond acceptors (Lipinski definition) is 1. The Bertz CT molecular complexity index is 202. The molecule has 0 saturated heterocycles. The summed E-state index contributed by atoms with van der Waals surface area (Å²) < 4.78 is 4.74.